The van der Waals surface area contributed by atoms with Gasteiger partial charge in [0.2, 0.25) is 5.71 Å². The molecule has 0 amide bonds. The molecule has 0 N–H and O–H groups in total. The first-order chi connectivity index (χ1) is 16.3. The standard InChI is InChI=1S/C30H28N2O/c1-20(21-9-4-2-5-10-21)23-17-18-31-28(19-23)26-14-8-13-24-25-15-16-27(22-11-6-3-7-12-22)32-30(25)33-29(24)26/h3,6-8,11-21H,2,4-5,9-10H2,1H3. The van der Waals surface area contributed by atoms with Gasteiger partial charge >= 0.3 is 0 Å². The predicted octanol–water partition coefficient (Wildman–Crippen LogP) is 8.39. The molecule has 0 radical (unpaired) electrons. The third-order valence-corrected chi connectivity index (χ3v) is 7.38. The molecule has 3 nitrogen and oxygen atoms in total. The Kier molecular flexibility index (Phi) is 5.18. The van der Waals surface area contributed by atoms with Crippen LogP contribution in [0.5, 0.6) is 0 Å². The van der Waals surface area contributed by atoms with Crippen LogP contribution in [0.1, 0.15) is 50.5 Å². The van der Waals surface area contributed by atoms with E-state index in [4.69, 9.17) is 14.4 Å². The number of hydrogen-bond acceptors (Lipinski definition) is 3. The summed E-state index contributed by atoms with van der Waals surface area (Å²) in [7, 11) is 0. The Morgan fingerprint density at radius 1 is 0.818 bits per heavy atom. The maximum atomic E-state index is 6.37. The molecule has 1 atom stereocenters. The Hall–Kier alpha value is -3.46. The molecule has 5 aromatic rings. The molecule has 3 heteroatoms. The number of para-hydroxylation sites is 1. The van der Waals surface area contributed by atoms with Crippen molar-refractivity contribution in [3.63, 3.8) is 0 Å². The molecule has 0 saturated heterocycles. The summed E-state index contributed by atoms with van der Waals surface area (Å²) in [6, 6.07) is 25.2. The third kappa shape index (κ3) is 3.72. The molecule has 164 valence electrons. The zero-order valence-electron chi connectivity index (χ0n) is 19.0. The minimum atomic E-state index is 0.553. The van der Waals surface area contributed by atoms with Crippen molar-refractivity contribution in [3.8, 4) is 22.5 Å². The van der Waals surface area contributed by atoms with Crippen LogP contribution in [0, 0.1) is 5.92 Å². The molecule has 1 aliphatic rings. The first-order valence-corrected chi connectivity index (χ1v) is 12.1. The molecule has 3 heterocycles. The fourth-order valence-corrected chi connectivity index (χ4v) is 5.43. The van der Waals surface area contributed by atoms with Crippen molar-refractivity contribution in [1.29, 1.82) is 0 Å². The second-order valence-electron chi connectivity index (χ2n) is 9.36. The molecule has 6 rings (SSSR count). The Balaban J connectivity index is 1.42. The van der Waals surface area contributed by atoms with Gasteiger partial charge in [-0.1, -0.05) is 68.7 Å². The molecule has 1 fully saturated rings. The summed E-state index contributed by atoms with van der Waals surface area (Å²) in [6.07, 6.45) is 8.75. The summed E-state index contributed by atoms with van der Waals surface area (Å²) in [4.78, 5) is 9.58. The number of nitrogens with zero attached hydrogens (tertiary/aromatic N) is 2. The van der Waals surface area contributed by atoms with Gasteiger partial charge in [-0.25, -0.2) is 4.98 Å². The summed E-state index contributed by atoms with van der Waals surface area (Å²) >= 11 is 0. The van der Waals surface area contributed by atoms with Crippen LogP contribution >= 0.6 is 0 Å². The molecule has 0 bridgehead atoms. The molecule has 1 aliphatic carbocycles. The van der Waals surface area contributed by atoms with E-state index in [1.54, 1.807) is 0 Å². The number of hydrogen-bond donors (Lipinski definition) is 0. The van der Waals surface area contributed by atoms with E-state index in [2.05, 4.69) is 61.5 Å². The summed E-state index contributed by atoms with van der Waals surface area (Å²) in [5.74, 6) is 1.33. The SMILES string of the molecule is CC(c1ccnc(-c2cccc3c2oc2nc(-c4ccccc4)ccc23)c1)C1CCCCC1. The van der Waals surface area contributed by atoms with Gasteiger partial charge in [-0.3, -0.25) is 4.98 Å². The minimum Gasteiger partial charge on any atom is -0.437 e. The fraction of sp³-hybridized carbons (Fsp3) is 0.267. The van der Waals surface area contributed by atoms with Gasteiger partial charge in [0.1, 0.15) is 5.58 Å². The van der Waals surface area contributed by atoms with Crippen LogP contribution in [0.4, 0.5) is 0 Å². The highest BCUT2D eigenvalue weighted by Gasteiger charge is 2.22. The van der Waals surface area contributed by atoms with E-state index in [1.165, 1.54) is 37.7 Å². The molecule has 0 aliphatic heterocycles. The number of furan rings is 1. The molecule has 1 saturated carbocycles. The maximum Gasteiger partial charge on any atom is 0.227 e. The molecule has 1 unspecified atom stereocenters. The third-order valence-electron chi connectivity index (χ3n) is 7.38. The Labute approximate surface area is 194 Å². The highest BCUT2D eigenvalue weighted by Crippen LogP contribution is 2.39. The van der Waals surface area contributed by atoms with Crippen LogP contribution in [0.3, 0.4) is 0 Å². The normalized spacial score (nSPS) is 15.8. The van der Waals surface area contributed by atoms with Gasteiger partial charge in [-0.05, 0) is 60.6 Å². The lowest BCUT2D eigenvalue weighted by atomic mass is 9.78. The van der Waals surface area contributed by atoms with Crippen molar-refractivity contribution in [2.75, 3.05) is 0 Å². The Morgan fingerprint density at radius 2 is 1.67 bits per heavy atom. The number of rotatable bonds is 4. The van der Waals surface area contributed by atoms with Crippen LogP contribution in [0.25, 0.3) is 44.6 Å². The van der Waals surface area contributed by atoms with E-state index in [9.17, 15) is 0 Å². The average Bonchev–Trinajstić information content (AvgIpc) is 3.27. The Bertz CT molecular complexity index is 1410. The number of aromatic nitrogens is 2. The quantitative estimate of drug-likeness (QED) is 0.286. The van der Waals surface area contributed by atoms with E-state index in [-0.39, 0.29) is 0 Å². The molecule has 0 spiro atoms. The van der Waals surface area contributed by atoms with Crippen LogP contribution < -0.4 is 0 Å². The maximum absolute atomic E-state index is 6.37. The van der Waals surface area contributed by atoms with E-state index in [0.29, 0.717) is 11.6 Å². The topological polar surface area (TPSA) is 38.9 Å². The first-order valence-electron chi connectivity index (χ1n) is 12.1. The zero-order chi connectivity index (χ0) is 22.2. The predicted molar refractivity (Wildman–Crippen MR) is 135 cm³/mol. The van der Waals surface area contributed by atoms with Gasteiger partial charge < -0.3 is 4.42 Å². The first kappa shape index (κ1) is 20.2. The van der Waals surface area contributed by atoms with Gasteiger partial charge in [0.25, 0.3) is 0 Å². The lowest BCUT2D eigenvalue weighted by Gasteiger charge is -2.28. The number of fused-ring (bicyclic) bond motifs is 3. The van der Waals surface area contributed by atoms with Gasteiger partial charge in [0.05, 0.1) is 11.4 Å². The smallest absolute Gasteiger partial charge is 0.227 e. The molecule has 3 aromatic heterocycles. The lowest BCUT2D eigenvalue weighted by molar-refractivity contribution is 0.316. The summed E-state index contributed by atoms with van der Waals surface area (Å²) in [5.41, 5.74) is 6.93. The minimum absolute atomic E-state index is 0.553. The van der Waals surface area contributed by atoms with E-state index >= 15 is 0 Å². The zero-order valence-corrected chi connectivity index (χ0v) is 19.0. The van der Waals surface area contributed by atoms with Gasteiger partial charge in [0.15, 0.2) is 0 Å². The highest BCUT2D eigenvalue weighted by atomic mass is 16.3. The summed E-state index contributed by atoms with van der Waals surface area (Å²) < 4.78 is 6.37. The Morgan fingerprint density at radius 3 is 2.52 bits per heavy atom. The second kappa shape index (κ2) is 8.47. The second-order valence-corrected chi connectivity index (χ2v) is 9.36. The van der Waals surface area contributed by atoms with Crippen molar-refractivity contribution in [1.82, 2.24) is 9.97 Å². The van der Waals surface area contributed by atoms with Crippen molar-refractivity contribution in [2.45, 2.75) is 44.9 Å². The van der Waals surface area contributed by atoms with Crippen molar-refractivity contribution in [3.05, 3.63) is 84.6 Å². The van der Waals surface area contributed by atoms with Crippen LogP contribution in [-0.4, -0.2) is 9.97 Å². The van der Waals surface area contributed by atoms with Crippen LogP contribution in [0.15, 0.2) is 83.4 Å². The summed E-state index contributed by atoms with van der Waals surface area (Å²) in [6.45, 7) is 2.38. The van der Waals surface area contributed by atoms with Crippen molar-refractivity contribution >= 4 is 22.1 Å². The number of benzene rings is 2. The number of pyridine rings is 2. The monoisotopic (exact) mass is 432 g/mol. The molecular formula is C30H28N2O. The molecule has 2 aromatic carbocycles. The van der Waals surface area contributed by atoms with Crippen LogP contribution in [-0.2, 0) is 0 Å². The summed E-state index contributed by atoms with van der Waals surface area (Å²) in [5, 5.41) is 2.13. The van der Waals surface area contributed by atoms with E-state index < -0.39 is 0 Å². The lowest BCUT2D eigenvalue weighted by Crippen LogP contribution is -2.14. The van der Waals surface area contributed by atoms with E-state index in [1.807, 2.05) is 24.4 Å². The molecule has 33 heavy (non-hydrogen) atoms. The van der Waals surface area contributed by atoms with Gasteiger partial charge in [-0.2, -0.15) is 0 Å². The van der Waals surface area contributed by atoms with Crippen molar-refractivity contribution < 1.29 is 4.42 Å². The highest BCUT2D eigenvalue weighted by molar-refractivity contribution is 6.08. The van der Waals surface area contributed by atoms with Gasteiger partial charge in [-0.15, -0.1) is 0 Å². The van der Waals surface area contributed by atoms with Crippen LogP contribution in [0.2, 0.25) is 0 Å². The van der Waals surface area contributed by atoms with Crippen molar-refractivity contribution in [2.24, 2.45) is 5.92 Å². The fourth-order valence-electron chi connectivity index (χ4n) is 5.43. The average molecular weight is 433 g/mol. The van der Waals surface area contributed by atoms with E-state index in [0.717, 1.165) is 44.8 Å². The van der Waals surface area contributed by atoms with Gasteiger partial charge in [0, 0.05) is 28.1 Å². The largest absolute Gasteiger partial charge is 0.437 e. The molecular weight excluding hydrogens is 404 g/mol.